The van der Waals surface area contributed by atoms with Crippen molar-refractivity contribution in [3.8, 4) is 0 Å². The van der Waals surface area contributed by atoms with Crippen molar-refractivity contribution in [2.24, 2.45) is 11.7 Å². The summed E-state index contributed by atoms with van der Waals surface area (Å²) in [4.78, 5) is 4.31. The Hall–Kier alpha value is -0.870. The first-order valence-electron chi connectivity index (χ1n) is 7.12. The third kappa shape index (κ3) is 2.75. The molecule has 0 aliphatic carbocycles. The van der Waals surface area contributed by atoms with E-state index in [4.69, 9.17) is 10.5 Å². The Morgan fingerprint density at radius 2 is 2.39 bits per heavy atom. The molecule has 1 aliphatic heterocycles. The monoisotopic (exact) mass is 251 g/mol. The fourth-order valence-electron chi connectivity index (χ4n) is 2.83. The molecule has 1 fully saturated rings. The highest BCUT2D eigenvalue weighted by molar-refractivity contribution is 5.08. The predicted molar refractivity (Wildman–Crippen MR) is 72.3 cm³/mol. The van der Waals surface area contributed by atoms with Gasteiger partial charge in [-0.2, -0.15) is 0 Å². The molecule has 0 saturated carbocycles. The minimum absolute atomic E-state index is 0.0564. The average Bonchev–Trinajstić information content (AvgIpc) is 3.05. The second-order valence-electron chi connectivity index (χ2n) is 5.23. The van der Waals surface area contributed by atoms with Gasteiger partial charge in [-0.1, -0.05) is 20.3 Å². The van der Waals surface area contributed by atoms with Gasteiger partial charge >= 0.3 is 0 Å². The number of nitrogens with zero attached hydrogens (tertiary/aromatic N) is 2. The van der Waals surface area contributed by atoms with Gasteiger partial charge in [-0.3, -0.25) is 0 Å². The highest BCUT2D eigenvalue weighted by atomic mass is 16.5. The maximum absolute atomic E-state index is 6.39. The topological polar surface area (TPSA) is 53.1 Å². The maximum atomic E-state index is 6.39. The standard InChI is InChI=1S/C14H25N3O/c1-3-5-12(4-2)17-10-16-8-13(17)14(15)11-6-7-18-9-11/h8,10-12,14H,3-7,9,15H2,1-2H3. The molecule has 1 aromatic rings. The molecule has 0 spiro atoms. The minimum Gasteiger partial charge on any atom is -0.381 e. The molecule has 4 heteroatoms. The maximum Gasteiger partial charge on any atom is 0.0951 e. The summed E-state index contributed by atoms with van der Waals surface area (Å²) in [5.41, 5.74) is 7.57. The lowest BCUT2D eigenvalue weighted by Crippen LogP contribution is -2.25. The van der Waals surface area contributed by atoms with E-state index < -0.39 is 0 Å². The van der Waals surface area contributed by atoms with Gasteiger partial charge in [0.2, 0.25) is 0 Å². The second-order valence-corrected chi connectivity index (χ2v) is 5.23. The van der Waals surface area contributed by atoms with E-state index in [9.17, 15) is 0 Å². The molecule has 0 aromatic carbocycles. The van der Waals surface area contributed by atoms with Gasteiger partial charge in [0.25, 0.3) is 0 Å². The highest BCUT2D eigenvalue weighted by Crippen LogP contribution is 2.29. The van der Waals surface area contributed by atoms with Crippen molar-refractivity contribution in [2.45, 2.75) is 51.6 Å². The van der Waals surface area contributed by atoms with Crippen LogP contribution in [0, 0.1) is 5.92 Å². The van der Waals surface area contributed by atoms with Crippen LogP contribution >= 0.6 is 0 Å². The number of imidazole rings is 1. The molecule has 2 N–H and O–H groups in total. The Balaban J connectivity index is 2.14. The first kappa shape index (κ1) is 13.6. The van der Waals surface area contributed by atoms with Gasteiger partial charge in [-0.05, 0) is 19.3 Å². The molecule has 2 rings (SSSR count). The molecular formula is C14H25N3O. The van der Waals surface area contributed by atoms with Gasteiger partial charge in [0.1, 0.15) is 0 Å². The molecule has 1 aliphatic rings. The van der Waals surface area contributed by atoms with Crippen LogP contribution in [0.15, 0.2) is 12.5 Å². The molecule has 0 bridgehead atoms. The molecule has 2 heterocycles. The van der Waals surface area contributed by atoms with E-state index in [0.29, 0.717) is 12.0 Å². The summed E-state index contributed by atoms with van der Waals surface area (Å²) >= 11 is 0. The predicted octanol–water partition coefficient (Wildman–Crippen LogP) is 2.67. The first-order chi connectivity index (χ1) is 8.77. The Bertz CT molecular complexity index is 358. The van der Waals surface area contributed by atoms with E-state index in [1.165, 1.54) is 18.5 Å². The zero-order valence-corrected chi connectivity index (χ0v) is 11.5. The second kappa shape index (κ2) is 6.34. The van der Waals surface area contributed by atoms with Crippen LogP contribution < -0.4 is 5.73 Å². The van der Waals surface area contributed by atoms with Crippen LogP contribution in [-0.2, 0) is 4.74 Å². The SMILES string of the molecule is CCCC(CC)n1cncc1C(N)C1CCOC1. The van der Waals surface area contributed by atoms with Crippen molar-refractivity contribution in [3.05, 3.63) is 18.2 Å². The number of nitrogens with two attached hydrogens (primary N) is 1. The molecule has 3 unspecified atom stereocenters. The minimum atomic E-state index is 0.0564. The van der Waals surface area contributed by atoms with Crippen molar-refractivity contribution < 1.29 is 4.74 Å². The number of rotatable bonds is 6. The van der Waals surface area contributed by atoms with E-state index in [2.05, 4.69) is 23.4 Å². The lowest BCUT2D eigenvalue weighted by Gasteiger charge is -2.24. The van der Waals surface area contributed by atoms with Crippen LogP contribution in [0.5, 0.6) is 0 Å². The number of hydrogen-bond donors (Lipinski definition) is 1. The number of ether oxygens (including phenoxy) is 1. The largest absolute Gasteiger partial charge is 0.381 e. The molecule has 102 valence electrons. The van der Waals surface area contributed by atoms with Gasteiger partial charge < -0.3 is 15.0 Å². The average molecular weight is 251 g/mol. The Labute approximate surface area is 110 Å². The zero-order valence-electron chi connectivity index (χ0n) is 11.5. The van der Waals surface area contributed by atoms with Crippen LogP contribution in [0.4, 0.5) is 0 Å². The summed E-state index contributed by atoms with van der Waals surface area (Å²) < 4.78 is 7.73. The van der Waals surface area contributed by atoms with Gasteiger partial charge in [-0.15, -0.1) is 0 Å². The Kier molecular flexibility index (Phi) is 4.78. The summed E-state index contributed by atoms with van der Waals surface area (Å²) in [7, 11) is 0. The quantitative estimate of drug-likeness (QED) is 0.845. The number of aromatic nitrogens is 2. The summed E-state index contributed by atoms with van der Waals surface area (Å²) in [6.07, 6.45) is 8.45. The Morgan fingerprint density at radius 3 is 3.00 bits per heavy atom. The fraction of sp³-hybridized carbons (Fsp3) is 0.786. The van der Waals surface area contributed by atoms with E-state index in [1.807, 2.05) is 12.5 Å². The first-order valence-corrected chi connectivity index (χ1v) is 7.12. The van der Waals surface area contributed by atoms with Crippen molar-refractivity contribution in [2.75, 3.05) is 13.2 Å². The summed E-state index contributed by atoms with van der Waals surface area (Å²) in [6, 6.07) is 0.585. The lowest BCUT2D eigenvalue weighted by molar-refractivity contribution is 0.180. The summed E-state index contributed by atoms with van der Waals surface area (Å²) in [6.45, 7) is 6.09. The van der Waals surface area contributed by atoms with E-state index in [-0.39, 0.29) is 6.04 Å². The van der Waals surface area contributed by atoms with Crippen LogP contribution in [0.2, 0.25) is 0 Å². The van der Waals surface area contributed by atoms with Crippen LogP contribution in [0.1, 0.15) is 57.3 Å². The van der Waals surface area contributed by atoms with Crippen molar-refractivity contribution in [3.63, 3.8) is 0 Å². The van der Waals surface area contributed by atoms with Gasteiger partial charge in [0.05, 0.1) is 24.7 Å². The van der Waals surface area contributed by atoms with Gasteiger partial charge in [0.15, 0.2) is 0 Å². The molecule has 3 atom stereocenters. The number of hydrogen-bond acceptors (Lipinski definition) is 3. The zero-order chi connectivity index (χ0) is 13.0. The molecule has 0 radical (unpaired) electrons. The smallest absolute Gasteiger partial charge is 0.0951 e. The van der Waals surface area contributed by atoms with Crippen molar-refractivity contribution in [1.29, 1.82) is 0 Å². The molecule has 18 heavy (non-hydrogen) atoms. The summed E-state index contributed by atoms with van der Waals surface area (Å²) in [5, 5.41) is 0. The van der Waals surface area contributed by atoms with Crippen molar-refractivity contribution in [1.82, 2.24) is 9.55 Å². The van der Waals surface area contributed by atoms with Crippen molar-refractivity contribution >= 4 is 0 Å². The van der Waals surface area contributed by atoms with E-state index in [1.54, 1.807) is 0 Å². The molecule has 0 amide bonds. The highest BCUT2D eigenvalue weighted by Gasteiger charge is 2.27. The molecule has 4 nitrogen and oxygen atoms in total. The lowest BCUT2D eigenvalue weighted by atomic mass is 9.96. The van der Waals surface area contributed by atoms with Gasteiger partial charge in [-0.25, -0.2) is 4.98 Å². The van der Waals surface area contributed by atoms with E-state index >= 15 is 0 Å². The normalized spacial score (nSPS) is 23.2. The molecule has 1 aromatic heterocycles. The van der Waals surface area contributed by atoms with Gasteiger partial charge in [0, 0.05) is 24.8 Å². The Morgan fingerprint density at radius 1 is 1.56 bits per heavy atom. The molecule has 1 saturated heterocycles. The molecular weight excluding hydrogens is 226 g/mol. The fourth-order valence-corrected chi connectivity index (χ4v) is 2.83. The van der Waals surface area contributed by atoms with Crippen LogP contribution in [-0.4, -0.2) is 22.8 Å². The van der Waals surface area contributed by atoms with Crippen LogP contribution in [0.3, 0.4) is 0 Å². The third-order valence-corrected chi connectivity index (χ3v) is 4.00. The van der Waals surface area contributed by atoms with Crippen LogP contribution in [0.25, 0.3) is 0 Å². The third-order valence-electron chi connectivity index (χ3n) is 4.00. The van der Waals surface area contributed by atoms with E-state index in [0.717, 1.165) is 26.1 Å². The summed E-state index contributed by atoms with van der Waals surface area (Å²) in [5.74, 6) is 0.444.